The number of tetrazole rings is 1. The van der Waals surface area contributed by atoms with Crippen molar-refractivity contribution in [2.24, 2.45) is 5.73 Å². The highest BCUT2D eigenvalue weighted by Gasteiger charge is 2.42. The van der Waals surface area contributed by atoms with Crippen molar-refractivity contribution in [3.63, 3.8) is 0 Å². The Morgan fingerprint density at radius 2 is 2.00 bits per heavy atom. The Hall–Kier alpha value is -2.28. The van der Waals surface area contributed by atoms with Gasteiger partial charge in [0.1, 0.15) is 11.9 Å². The largest absolute Gasteiger partial charge is 0.352 e. The molecule has 0 radical (unpaired) electrons. The van der Waals surface area contributed by atoms with E-state index < -0.39 is 5.54 Å². The van der Waals surface area contributed by atoms with E-state index in [1.807, 2.05) is 30.3 Å². The highest BCUT2D eigenvalue weighted by Crippen LogP contribution is 2.34. The number of rotatable bonds is 5. The average Bonchev–Trinajstić information content (AvgIpc) is 3.16. The molecule has 1 heterocycles. The van der Waals surface area contributed by atoms with Crippen molar-refractivity contribution in [1.82, 2.24) is 25.5 Å². The van der Waals surface area contributed by atoms with Crippen LogP contribution in [0.3, 0.4) is 0 Å². The van der Waals surface area contributed by atoms with Crippen molar-refractivity contribution >= 4 is 5.91 Å². The van der Waals surface area contributed by atoms with Gasteiger partial charge < -0.3 is 11.1 Å². The number of benzene rings is 1. The SMILES string of the molecule is NC(CNC(=O)C1(n2cnnn2)CCCCC1)c1ccccc1. The third-order valence-corrected chi connectivity index (χ3v) is 4.60. The van der Waals surface area contributed by atoms with Gasteiger partial charge in [-0.05, 0) is 28.8 Å². The number of aromatic nitrogens is 4. The van der Waals surface area contributed by atoms with Crippen LogP contribution in [-0.4, -0.2) is 32.7 Å². The lowest BCUT2D eigenvalue weighted by Crippen LogP contribution is -2.51. The zero-order valence-corrected chi connectivity index (χ0v) is 13.1. The van der Waals surface area contributed by atoms with E-state index in [0.29, 0.717) is 6.54 Å². The summed E-state index contributed by atoms with van der Waals surface area (Å²) in [4.78, 5) is 12.9. The van der Waals surface area contributed by atoms with Crippen molar-refractivity contribution in [3.05, 3.63) is 42.2 Å². The van der Waals surface area contributed by atoms with E-state index in [0.717, 1.165) is 37.7 Å². The van der Waals surface area contributed by atoms with Crippen LogP contribution in [0.2, 0.25) is 0 Å². The lowest BCUT2D eigenvalue weighted by atomic mass is 9.81. The maximum absolute atomic E-state index is 12.9. The minimum atomic E-state index is -0.682. The maximum Gasteiger partial charge on any atom is 0.248 e. The van der Waals surface area contributed by atoms with Gasteiger partial charge in [0.05, 0.1) is 0 Å². The first kappa shape index (κ1) is 15.6. The van der Waals surface area contributed by atoms with Crippen LogP contribution in [0.25, 0.3) is 0 Å². The molecule has 0 bridgehead atoms. The van der Waals surface area contributed by atoms with Crippen LogP contribution in [0.5, 0.6) is 0 Å². The van der Waals surface area contributed by atoms with Crippen LogP contribution in [0, 0.1) is 0 Å². The fraction of sp³-hybridized carbons (Fsp3) is 0.500. The molecule has 1 aromatic carbocycles. The number of nitrogens with two attached hydrogens (primary N) is 1. The molecule has 1 aromatic heterocycles. The van der Waals surface area contributed by atoms with E-state index in [9.17, 15) is 4.79 Å². The van der Waals surface area contributed by atoms with Gasteiger partial charge in [-0.1, -0.05) is 49.6 Å². The molecule has 7 nitrogen and oxygen atoms in total. The second-order valence-electron chi connectivity index (χ2n) is 6.07. The standard InChI is InChI=1S/C16H22N6O/c17-14(13-7-3-1-4-8-13)11-18-15(23)16(9-5-2-6-10-16)22-12-19-20-21-22/h1,3-4,7-8,12,14H,2,5-6,9-11,17H2,(H,18,23). The molecule has 1 fully saturated rings. The van der Waals surface area contributed by atoms with Crippen molar-refractivity contribution < 1.29 is 4.79 Å². The van der Waals surface area contributed by atoms with Gasteiger partial charge in [0.15, 0.2) is 0 Å². The highest BCUT2D eigenvalue weighted by molar-refractivity contribution is 5.84. The summed E-state index contributed by atoms with van der Waals surface area (Å²) in [6, 6.07) is 9.54. The summed E-state index contributed by atoms with van der Waals surface area (Å²) in [5.74, 6) is -0.0455. The van der Waals surface area contributed by atoms with Gasteiger partial charge >= 0.3 is 0 Å². The van der Waals surface area contributed by atoms with Gasteiger partial charge in [-0.3, -0.25) is 4.79 Å². The van der Waals surface area contributed by atoms with Gasteiger partial charge in [0.25, 0.3) is 0 Å². The molecule has 122 valence electrons. The molecule has 23 heavy (non-hydrogen) atoms. The first-order valence-electron chi connectivity index (χ1n) is 8.05. The van der Waals surface area contributed by atoms with Crippen molar-refractivity contribution in [1.29, 1.82) is 0 Å². The third kappa shape index (κ3) is 3.24. The van der Waals surface area contributed by atoms with Gasteiger partial charge in [-0.2, -0.15) is 0 Å². The molecule has 0 aliphatic heterocycles. The summed E-state index contributed by atoms with van der Waals surface area (Å²) in [6.45, 7) is 0.396. The lowest BCUT2D eigenvalue weighted by Gasteiger charge is -2.35. The summed E-state index contributed by atoms with van der Waals surface area (Å²) < 4.78 is 1.61. The summed E-state index contributed by atoms with van der Waals surface area (Å²) in [5.41, 5.74) is 6.50. The third-order valence-electron chi connectivity index (χ3n) is 4.60. The topological polar surface area (TPSA) is 98.7 Å². The first-order valence-corrected chi connectivity index (χ1v) is 8.05. The Bertz CT molecular complexity index is 621. The van der Waals surface area contributed by atoms with Crippen LogP contribution in [0.1, 0.15) is 43.7 Å². The van der Waals surface area contributed by atoms with Gasteiger partial charge in [0, 0.05) is 12.6 Å². The monoisotopic (exact) mass is 314 g/mol. The highest BCUT2D eigenvalue weighted by atomic mass is 16.2. The van der Waals surface area contributed by atoms with Crippen molar-refractivity contribution in [2.45, 2.75) is 43.7 Å². The normalized spacial score (nSPS) is 18.3. The second kappa shape index (κ2) is 6.87. The summed E-state index contributed by atoms with van der Waals surface area (Å²) >= 11 is 0. The Labute approximate surface area is 135 Å². The zero-order chi connectivity index (χ0) is 16.1. The Morgan fingerprint density at radius 3 is 2.65 bits per heavy atom. The molecule has 3 N–H and O–H groups in total. The van der Waals surface area contributed by atoms with Crippen LogP contribution < -0.4 is 11.1 Å². The van der Waals surface area contributed by atoms with Gasteiger partial charge in [-0.25, -0.2) is 4.68 Å². The number of hydrogen-bond acceptors (Lipinski definition) is 5. The molecule has 1 unspecified atom stereocenters. The number of nitrogens with one attached hydrogen (secondary N) is 1. The minimum Gasteiger partial charge on any atom is -0.352 e. The van der Waals surface area contributed by atoms with Gasteiger partial charge in [-0.15, -0.1) is 5.10 Å². The van der Waals surface area contributed by atoms with Crippen LogP contribution in [0.4, 0.5) is 0 Å². The summed E-state index contributed by atoms with van der Waals surface area (Å²) in [7, 11) is 0. The van der Waals surface area contributed by atoms with E-state index in [2.05, 4.69) is 20.8 Å². The predicted molar refractivity (Wildman–Crippen MR) is 85.3 cm³/mol. The predicted octanol–water partition coefficient (Wildman–Crippen LogP) is 1.15. The van der Waals surface area contributed by atoms with Crippen LogP contribution in [-0.2, 0) is 10.3 Å². The molecule has 1 atom stereocenters. The fourth-order valence-corrected chi connectivity index (χ4v) is 3.24. The Kier molecular flexibility index (Phi) is 4.66. The molecular formula is C16H22N6O. The molecule has 1 amide bonds. The number of carbonyl (C=O) groups excluding carboxylic acids is 1. The van der Waals surface area contributed by atoms with Gasteiger partial charge in [0.2, 0.25) is 5.91 Å². The van der Waals surface area contributed by atoms with E-state index in [1.54, 1.807) is 4.68 Å². The minimum absolute atomic E-state index is 0.0455. The number of hydrogen-bond donors (Lipinski definition) is 2. The summed E-state index contributed by atoms with van der Waals surface area (Å²) in [5, 5.41) is 14.4. The Morgan fingerprint density at radius 1 is 1.26 bits per heavy atom. The molecule has 1 aliphatic carbocycles. The lowest BCUT2D eigenvalue weighted by molar-refractivity contribution is -0.132. The molecule has 0 spiro atoms. The van der Waals surface area contributed by atoms with Crippen molar-refractivity contribution in [2.75, 3.05) is 6.54 Å². The van der Waals surface area contributed by atoms with Crippen molar-refractivity contribution in [3.8, 4) is 0 Å². The number of amides is 1. The fourth-order valence-electron chi connectivity index (χ4n) is 3.24. The second-order valence-corrected chi connectivity index (χ2v) is 6.07. The zero-order valence-electron chi connectivity index (χ0n) is 13.1. The molecule has 0 saturated heterocycles. The molecule has 1 saturated carbocycles. The quantitative estimate of drug-likeness (QED) is 0.862. The molecule has 7 heteroatoms. The van der Waals surface area contributed by atoms with E-state index >= 15 is 0 Å². The summed E-state index contributed by atoms with van der Waals surface area (Å²) in [6.07, 6.45) is 6.17. The number of nitrogens with zero attached hydrogens (tertiary/aromatic N) is 4. The van der Waals surface area contributed by atoms with E-state index in [4.69, 9.17) is 5.73 Å². The molecule has 3 rings (SSSR count). The first-order chi connectivity index (χ1) is 11.2. The molecule has 2 aromatic rings. The van der Waals surface area contributed by atoms with Crippen LogP contribution >= 0.6 is 0 Å². The maximum atomic E-state index is 12.9. The van der Waals surface area contributed by atoms with Crippen LogP contribution in [0.15, 0.2) is 36.7 Å². The smallest absolute Gasteiger partial charge is 0.248 e. The molecular weight excluding hydrogens is 292 g/mol. The number of carbonyl (C=O) groups is 1. The Balaban J connectivity index is 1.70. The van der Waals surface area contributed by atoms with E-state index in [-0.39, 0.29) is 11.9 Å². The average molecular weight is 314 g/mol. The molecule has 1 aliphatic rings. The van der Waals surface area contributed by atoms with E-state index in [1.165, 1.54) is 6.33 Å².